The molecule has 0 aliphatic carbocycles. The van der Waals surface area contributed by atoms with Crippen molar-refractivity contribution >= 4 is 34.8 Å². The normalized spacial score (nSPS) is 15.1. The van der Waals surface area contributed by atoms with Gasteiger partial charge in [0.2, 0.25) is 5.69 Å². The number of nitro groups is 1. The largest absolute Gasteiger partial charge is 0.335 e. The molecule has 1 aromatic carbocycles. The summed E-state index contributed by atoms with van der Waals surface area (Å²) in [6, 6.07) is 5.53. The van der Waals surface area contributed by atoms with Crippen molar-refractivity contribution in [3.8, 4) is 0 Å². The highest BCUT2D eigenvalue weighted by Gasteiger charge is 2.31. The van der Waals surface area contributed by atoms with Gasteiger partial charge in [-0.05, 0) is 24.6 Å². The van der Waals surface area contributed by atoms with Crippen LogP contribution in [0.5, 0.6) is 0 Å². The number of amides is 1. The number of carbonyl (C=O) groups is 1. The molecule has 10 heteroatoms. The highest BCUT2D eigenvalue weighted by atomic mass is 35.5. The van der Waals surface area contributed by atoms with Gasteiger partial charge in [-0.15, -0.1) is 0 Å². The lowest BCUT2D eigenvalue weighted by Crippen LogP contribution is -2.48. The molecule has 0 saturated carbocycles. The van der Waals surface area contributed by atoms with Gasteiger partial charge in [-0.25, -0.2) is 0 Å². The fourth-order valence-electron chi connectivity index (χ4n) is 3.12. The topological polar surface area (TPSA) is 84.5 Å². The number of benzene rings is 1. The van der Waals surface area contributed by atoms with E-state index in [2.05, 4.69) is 10.00 Å². The van der Waals surface area contributed by atoms with Crippen LogP contribution in [0.3, 0.4) is 0 Å². The van der Waals surface area contributed by atoms with Gasteiger partial charge in [0.1, 0.15) is 6.20 Å². The summed E-state index contributed by atoms with van der Waals surface area (Å²) in [7, 11) is 0. The minimum absolute atomic E-state index is 0.0421. The number of hydrogen-bond acceptors (Lipinski definition) is 5. The Hall–Kier alpha value is -2.16. The lowest BCUT2D eigenvalue weighted by atomic mass is 10.2. The van der Waals surface area contributed by atoms with Crippen LogP contribution in [0.25, 0.3) is 0 Å². The molecule has 27 heavy (non-hydrogen) atoms. The van der Waals surface area contributed by atoms with Crippen molar-refractivity contribution in [2.24, 2.45) is 0 Å². The third-order valence-electron chi connectivity index (χ3n) is 4.57. The van der Waals surface area contributed by atoms with Crippen molar-refractivity contribution in [2.45, 2.75) is 20.0 Å². The first-order valence-electron chi connectivity index (χ1n) is 8.56. The Kier molecular flexibility index (Phi) is 5.98. The zero-order valence-corrected chi connectivity index (χ0v) is 16.3. The van der Waals surface area contributed by atoms with Crippen molar-refractivity contribution in [2.75, 3.05) is 26.2 Å². The molecule has 3 rings (SSSR count). The van der Waals surface area contributed by atoms with Gasteiger partial charge in [-0.2, -0.15) is 5.10 Å². The van der Waals surface area contributed by atoms with E-state index in [0.717, 1.165) is 11.8 Å². The standard InChI is InChI=1S/C17H19Cl2N5O3/c1-2-23-16(15(10-20-23)24(26)27)17(25)22-7-5-21(6-8-22)11-12-3-4-13(18)14(19)9-12/h3-4,9-10H,2,5-8,11H2,1H3. The maximum atomic E-state index is 12.8. The van der Waals surface area contributed by atoms with Crippen molar-refractivity contribution in [3.63, 3.8) is 0 Å². The maximum Gasteiger partial charge on any atom is 0.320 e. The van der Waals surface area contributed by atoms with Gasteiger partial charge in [-0.1, -0.05) is 29.3 Å². The molecule has 1 fully saturated rings. The van der Waals surface area contributed by atoms with Gasteiger partial charge in [0.05, 0.1) is 15.0 Å². The summed E-state index contributed by atoms with van der Waals surface area (Å²) in [6.07, 6.45) is 1.14. The molecular weight excluding hydrogens is 393 g/mol. The summed E-state index contributed by atoms with van der Waals surface area (Å²) in [6.45, 7) is 5.21. The van der Waals surface area contributed by atoms with Gasteiger partial charge in [0.15, 0.2) is 0 Å². The third kappa shape index (κ3) is 4.23. The summed E-state index contributed by atoms with van der Waals surface area (Å²) >= 11 is 12.0. The quantitative estimate of drug-likeness (QED) is 0.557. The number of nitrogens with zero attached hydrogens (tertiary/aromatic N) is 5. The van der Waals surface area contributed by atoms with E-state index >= 15 is 0 Å². The second kappa shape index (κ2) is 8.24. The number of aromatic nitrogens is 2. The predicted molar refractivity (Wildman–Crippen MR) is 102 cm³/mol. The smallest absolute Gasteiger partial charge is 0.320 e. The zero-order valence-electron chi connectivity index (χ0n) is 14.8. The Balaban J connectivity index is 1.65. The number of carbonyl (C=O) groups excluding carboxylic acids is 1. The molecule has 1 amide bonds. The summed E-state index contributed by atoms with van der Waals surface area (Å²) < 4.78 is 1.38. The van der Waals surface area contributed by atoms with Gasteiger partial charge in [-0.3, -0.25) is 24.5 Å². The van der Waals surface area contributed by atoms with Gasteiger partial charge >= 0.3 is 5.69 Å². The van der Waals surface area contributed by atoms with Gasteiger partial charge < -0.3 is 4.90 Å². The van der Waals surface area contributed by atoms with Crippen LogP contribution in [0.4, 0.5) is 5.69 Å². The van der Waals surface area contributed by atoms with E-state index in [1.165, 1.54) is 4.68 Å². The summed E-state index contributed by atoms with van der Waals surface area (Å²) in [4.78, 5) is 27.3. The fourth-order valence-corrected chi connectivity index (χ4v) is 3.44. The maximum absolute atomic E-state index is 12.8. The van der Waals surface area contributed by atoms with Crippen LogP contribution in [-0.4, -0.2) is 56.6 Å². The molecule has 0 atom stereocenters. The predicted octanol–water partition coefficient (Wildman–Crippen LogP) is 3.08. The molecule has 1 aliphatic rings. The Morgan fingerprint density at radius 3 is 2.52 bits per heavy atom. The van der Waals surface area contributed by atoms with Crippen LogP contribution in [0.1, 0.15) is 23.0 Å². The van der Waals surface area contributed by atoms with Crippen LogP contribution in [0.2, 0.25) is 10.0 Å². The number of rotatable bonds is 5. The van der Waals surface area contributed by atoms with Crippen molar-refractivity contribution in [1.29, 1.82) is 0 Å². The van der Waals surface area contributed by atoms with Crippen molar-refractivity contribution in [3.05, 3.63) is 55.8 Å². The number of aryl methyl sites for hydroxylation is 1. The summed E-state index contributed by atoms with van der Waals surface area (Å²) in [5.41, 5.74) is 0.837. The molecule has 144 valence electrons. The fraction of sp³-hybridized carbons (Fsp3) is 0.412. The van der Waals surface area contributed by atoms with Crippen LogP contribution in [0, 0.1) is 10.1 Å². The van der Waals surface area contributed by atoms with Gasteiger partial charge in [0, 0.05) is 39.3 Å². The minimum atomic E-state index is -0.563. The molecule has 0 N–H and O–H groups in total. The van der Waals surface area contributed by atoms with Crippen LogP contribution in [-0.2, 0) is 13.1 Å². The molecular formula is C17H19Cl2N5O3. The third-order valence-corrected chi connectivity index (χ3v) is 5.31. The Labute approximate surface area is 166 Å². The molecule has 1 saturated heterocycles. The van der Waals surface area contributed by atoms with Crippen LogP contribution in [0.15, 0.2) is 24.4 Å². The molecule has 1 aliphatic heterocycles. The van der Waals surface area contributed by atoms with E-state index in [1.54, 1.807) is 17.9 Å². The molecule has 8 nitrogen and oxygen atoms in total. The van der Waals surface area contributed by atoms with Gasteiger partial charge in [0.25, 0.3) is 5.91 Å². The Bertz CT molecular complexity index is 862. The molecule has 2 aromatic rings. The molecule has 2 heterocycles. The lowest BCUT2D eigenvalue weighted by molar-refractivity contribution is -0.385. The minimum Gasteiger partial charge on any atom is -0.335 e. The van der Waals surface area contributed by atoms with Crippen LogP contribution < -0.4 is 0 Å². The van der Waals surface area contributed by atoms with E-state index in [1.807, 2.05) is 12.1 Å². The molecule has 0 bridgehead atoms. The summed E-state index contributed by atoms with van der Waals surface area (Å²) in [5, 5.41) is 16.2. The van der Waals surface area contributed by atoms with E-state index in [4.69, 9.17) is 23.2 Å². The first-order chi connectivity index (χ1) is 12.9. The molecule has 0 unspecified atom stereocenters. The number of piperazine rings is 1. The number of hydrogen-bond donors (Lipinski definition) is 0. The number of halogens is 2. The van der Waals surface area contributed by atoms with E-state index in [9.17, 15) is 14.9 Å². The second-order valence-corrected chi connectivity index (χ2v) is 7.08. The molecule has 0 spiro atoms. The van der Waals surface area contributed by atoms with Crippen LogP contribution >= 0.6 is 23.2 Å². The summed E-state index contributed by atoms with van der Waals surface area (Å²) in [5.74, 6) is -0.352. The molecule has 1 aromatic heterocycles. The first-order valence-corrected chi connectivity index (χ1v) is 9.32. The highest BCUT2D eigenvalue weighted by molar-refractivity contribution is 6.42. The highest BCUT2D eigenvalue weighted by Crippen LogP contribution is 2.24. The van der Waals surface area contributed by atoms with Crippen molar-refractivity contribution < 1.29 is 9.72 Å². The Morgan fingerprint density at radius 2 is 1.93 bits per heavy atom. The average Bonchev–Trinajstić information content (AvgIpc) is 3.09. The average molecular weight is 412 g/mol. The zero-order chi connectivity index (χ0) is 19.6. The van der Waals surface area contributed by atoms with E-state index in [-0.39, 0.29) is 17.3 Å². The van der Waals surface area contributed by atoms with Crippen molar-refractivity contribution in [1.82, 2.24) is 19.6 Å². The molecule has 0 radical (unpaired) electrons. The SMILES string of the molecule is CCn1ncc([N+](=O)[O-])c1C(=O)N1CCN(Cc2ccc(Cl)c(Cl)c2)CC1. The monoisotopic (exact) mass is 411 g/mol. The first kappa shape index (κ1) is 19.6. The second-order valence-electron chi connectivity index (χ2n) is 6.27. The Morgan fingerprint density at radius 1 is 1.22 bits per heavy atom. The van der Waals surface area contributed by atoms with E-state index in [0.29, 0.717) is 49.3 Å². The van der Waals surface area contributed by atoms with E-state index < -0.39 is 4.92 Å². The lowest BCUT2D eigenvalue weighted by Gasteiger charge is -2.34.